The van der Waals surface area contributed by atoms with E-state index in [1.54, 1.807) is 0 Å². The normalized spacial score (nSPS) is 12.8. The van der Waals surface area contributed by atoms with Crippen LogP contribution < -0.4 is 4.90 Å². The summed E-state index contributed by atoms with van der Waals surface area (Å²) < 4.78 is 8.78. The van der Waals surface area contributed by atoms with E-state index >= 15 is 0 Å². The summed E-state index contributed by atoms with van der Waals surface area (Å²) in [7, 11) is 0. The second-order valence-corrected chi connectivity index (χ2v) is 17.7. The molecule has 0 bridgehead atoms. The van der Waals surface area contributed by atoms with Crippen molar-refractivity contribution < 1.29 is 4.42 Å². The molecule has 5 heteroatoms. The molecule has 0 aliphatic heterocycles. The summed E-state index contributed by atoms with van der Waals surface area (Å²) in [6.07, 6.45) is 0. The van der Waals surface area contributed by atoms with Crippen LogP contribution in [-0.4, -0.2) is 14.5 Å². The second-order valence-electron chi connectivity index (χ2n) is 17.7. The number of hydrogen-bond donors (Lipinski definition) is 0. The Morgan fingerprint density at radius 1 is 0.470 bits per heavy atom. The lowest BCUT2D eigenvalue weighted by atomic mass is 9.82. The van der Waals surface area contributed by atoms with Gasteiger partial charge in [0.15, 0.2) is 5.82 Å². The number of para-hydroxylation sites is 2. The van der Waals surface area contributed by atoms with E-state index in [1.807, 2.05) is 24.3 Å². The first kappa shape index (κ1) is 38.0. The van der Waals surface area contributed by atoms with Crippen molar-refractivity contribution in [1.29, 1.82) is 0 Å². The van der Waals surface area contributed by atoms with Crippen molar-refractivity contribution in [2.75, 3.05) is 4.90 Å². The maximum Gasteiger partial charge on any atom is 0.162 e. The molecule has 0 saturated heterocycles. The number of aromatic nitrogens is 3. The number of benzene rings is 9. The van der Waals surface area contributed by atoms with Gasteiger partial charge in [0.25, 0.3) is 0 Å². The monoisotopic (exact) mass is 846 g/mol. The van der Waals surface area contributed by atoms with Gasteiger partial charge in [-0.2, -0.15) is 0 Å². The molecule has 3 heterocycles. The first-order chi connectivity index (χ1) is 32.5. The molecule has 1 aliphatic carbocycles. The summed E-state index contributed by atoms with van der Waals surface area (Å²) >= 11 is 0. The fourth-order valence-electron chi connectivity index (χ4n) is 10.5. The molecule has 13 rings (SSSR count). The second kappa shape index (κ2) is 14.8. The molecule has 0 atom stereocenters. The van der Waals surface area contributed by atoms with Crippen molar-refractivity contribution in [3.8, 4) is 50.6 Å². The molecule has 0 spiro atoms. The minimum atomic E-state index is -0.150. The molecule has 66 heavy (non-hydrogen) atoms. The highest BCUT2D eigenvalue weighted by Crippen LogP contribution is 2.55. The first-order valence-corrected chi connectivity index (χ1v) is 22.6. The van der Waals surface area contributed by atoms with E-state index in [9.17, 15) is 0 Å². The van der Waals surface area contributed by atoms with E-state index in [0.29, 0.717) is 5.82 Å². The number of anilines is 3. The van der Waals surface area contributed by atoms with Crippen LogP contribution in [0.15, 0.2) is 223 Å². The van der Waals surface area contributed by atoms with Crippen LogP contribution in [0.2, 0.25) is 0 Å². The molecule has 0 N–H and O–H groups in total. The standard InChI is InChI=1S/C61H42N4O/c1-61(2)48-26-14-12-24-45(48)55-49(61)27-16-28-51(55)64(52-29-17-31-54-56(52)46-25-13-15-30-53(46)66-54)44-35-32-39(33-36-44)42-34-37-50-47(38-42)57-58(40-18-6-3-7-19-40)62-59(41-20-8-4-9-21-41)63-60(57)65(50)43-22-10-5-11-23-43/h3-38H,1-2H3. The topological polar surface area (TPSA) is 47.1 Å². The van der Waals surface area contributed by atoms with Crippen molar-refractivity contribution in [2.45, 2.75) is 19.3 Å². The molecule has 312 valence electrons. The lowest BCUT2D eigenvalue weighted by Crippen LogP contribution is -2.16. The molecular formula is C61H42N4O. The predicted octanol–water partition coefficient (Wildman–Crippen LogP) is 16.3. The van der Waals surface area contributed by atoms with E-state index < -0.39 is 0 Å². The lowest BCUT2D eigenvalue weighted by molar-refractivity contribution is 0.660. The highest BCUT2D eigenvalue weighted by Gasteiger charge is 2.38. The van der Waals surface area contributed by atoms with Crippen LogP contribution in [0.1, 0.15) is 25.0 Å². The third-order valence-electron chi connectivity index (χ3n) is 13.6. The van der Waals surface area contributed by atoms with Crippen LogP contribution in [0.5, 0.6) is 0 Å². The van der Waals surface area contributed by atoms with Gasteiger partial charge in [0.1, 0.15) is 16.8 Å². The number of fused-ring (bicyclic) bond motifs is 9. The van der Waals surface area contributed by atoms with Crippen molar-refractivity contribution in [1.82, 2.24) is 14.5 Å². The highest BCUT2D eigenvalue weighted by atomic mass is 16.3. The molecular weight excluding hydrogens is 805 g/mol. The average Bonchev–Trinajstić information content (AvgIpc) is 4.00. The van der Waals surface area contributed by atoms with E-state index in [4.69, 9.17) is 14.4 Å². The van der Waals surface area contributed by atoms with E-state index in [2.05, 4.69) is 217 Å². The quantitative estimate of drug-likeness (QED) is 0.160. The third kappa shape index (κ3) is 5.80. The number of nitrogens with zero attached hydrogens (tertiary/aromatic N) is 4. The smallest absolute Gasteiger partial charge is 0.162 e. The average molecular weight is 847 g/mol. The van der Waals surface area contributed by atoms with Gasteiger partial charge in [-0.1, -0.05) is 172 Å². The Morgan fingerprint density at radius 2 is 1.11 bits per heavy atom. The van der Waals surface area contributed by atoms with Crippen LogP contribution in [0.4, 0.5) is 17.1 Å². The van der Waals surface area contributed by atoms with Gasteiger partial charge in [0, 0.05) is 44.3 Å². The van der Waals surface area contributed by atoms with Crippen molar-refractivity contribution >= 4 is 60.9 Å². The summed E-state index contributed by atoms with van der Waals surface area (Å²) in [4.78, 5) is 13.1. The number of hydrogen-bond acceptors (Lipinski definition) is 4. The Labute approximate surface area is 382 Å². The lowest BCUT2D eigenvalue weighted by Gasteiger charge is -2.29. The van der Waals surface area contributed by atoms with Crippen LogP contribution in [0, 0.1) is 0 Å². The van der Waals surface area contributed by atoms with Crippen LogP contribution in [0.25, 0.3) is 94.5 Å². The molecule has 0 radical (unpaired) electrons. The maximum atomic E-state index is 6.50. The van der Waals surface area contributed by atoms with Gasteiger partial charge in [0.2, 0.25) is 0 Å². The zero-order chi connectivity index (χ0) is 43.9. The van der Waals surface area contributed by atoms with E-state index in [0.717, 1.165) is 94.6 Å². The zero-order valence-electron chi connectivity index (χ0n) is 36.5. The fraction of sp³-hybridized carbons (Fsp3) is 0.0492. The van der Waals surface area contributed by atoms with Crippen LogP contribution in [0.3, 0.4) is 0 Å². The van der Waals surface area contributed by atoms with Crippen LogP contribution >= 0.6 is 0 Å². The molecule has 1 aliphatic rings. The van der Waals surface area contributed by atoms with E-state index in [-0.39, 0.29) is 5.41 Å². The molecule has 12 aromatic rings. The van der Waals surface area contributed by atoms with E-state index in [1.165, 1.54) is 22.3 Å². The summed E-state index contributed by atoms with van der Waals surface area (Å²) in [6.45, 7) is 4.69. The Kier molecular flexibility index (Phi) is 8.49. The van der Waals surface area contributed by atoms with Gasteiger partial charge in [-0.3, -0.25) is 4.57 Å². The molecule has 0 fully saturated rings. The van der Waals surface area contributed by atoms with Gasteiger partial charge < -0.3 is 9.32 Å². The van der Waals surface area contributed by atoms with Gasteiger partial charge >= 0.3 is 0 Å². The Bertz CT molecular complexity index is 3830. The minimum Gasteiger partial charge on any atom is -0.456 e. The largest absolute Gasteiger partial charge is 0.456 e. The molecule has 5 nitrogen and oxygen atoms in total. The van der Waals surface area contributed by atoms with Gasteiger partial charge in [-0.15, -0.1) is 0 Å². The maximum absolute atomic E-state index is 6.50. The summed E-state index contributed by atoms with van der Waals surface area (Å²) in [5, 5.41) is 4.30. The highest BCUT2D eigenvalue weighted by molar-refractivity contribution is 6.16. The minimum absolute atomic E-state index is 0.150. The predicted molar refractivity (Wildman–Crippen MR) is 272 cm³/mol. The molecule has 0 amide bonds. The SMILES string of the molecule is CC1(C)c2ccccc2-c2c(N(c3ccc(-c4ccc5c(c4)c4c(-c6ccccc6)nc(-c6ccccc6)nc4n5-c4ccccc4)cc3)c3cccc4oc5ccccc5c34)cccc21. The molecule has 3 aromatic heterocycles. The number of rotatable bonds is 7. The Balaban J connectivity index is 1.02. The van der Waals surface area contributed by atoms with Crippen molar-refractivity contribution in [3.63, 3.8) is 0 Å². The zero-order valence-corrected chi connectivity index (χ0v) is 36.5. The summed E-state index contributed by atoms with van der Waals surface area (Å²) in [5.41, 5.74) is 18.2. The summed E-state index contributed by atoms with van der Waals surface area (Å²) in [6, 6.07) is 77.6. The first-order valence-electron chi connectivity index (χ1n) is 22.6. The molecule has 0 unspecified atom stereocenters. The van der Waals surface area contributed by atoms with Crippen LogP contribution in [-0.2, 0) is 5.41 Å². The summed E-state index contributed by atoms with van der Waals surface area (Å²) in [5.74, 6) is 0.692. The Hall–Kier alpha value is -8.54. The number of furan rings is 1. The van der Waals surface area contributed by atoms with Gasteiger partial charge in [-0.25, -0.2) is 9.97 Å². The molecule has 0 saturated carbocycles. The van der Waals surface area contributed by atoms with Gasteiger partial charge in [-0.05, 0) is 88.5 Å². The fourth-order valence-corrected chi connectivity index (χ4v) is 10.5. The van der Waals surface area contributed by atoms with Crippen molar-refractivity contribution in [2.24, 2.45) is 0 Å². The van der Waals surface area contributed by atoms with Gasteiger partial charge in [0.05, 0.1) is 33.4 Å². The van der Waals surface area contributed by atoms with Crippen molar-refractivity contribution in [3.05, 3.63) is 230 Å². The molecule has 9 aromatic carbocycles. The third-order valence-corrected chi connectivity index (χ3v) is 13.6. The Morgan fingerprint density at radius 3 is 1.91 bits per heavy atom.